The van der Waals surface area contributed by atoms with Crippen molar-refractivity contribution in [3.05, 3.63) is 75.2 Å². The number of nitro benzene ring substituents is 1. The van der Waals surface area contributed by atoms with Crippen LogP contribution in [-0.2, 0) is 0 Å². The maximum Gasteiger partial charge on any atom is 0.270 e. The molecule has 0 unspecified atom stereocenters. The molecule has 3 aromatic rings. The van der Waals surface area contributed by atoms with E-state index in [1.165, 1.54) is 12.1 Å². The van der Waals surface area contributed by atoms with Gasteiger partial charge in [-0.3, -0.25) is 14.9 Å². The number of rotatable bonds is 6. The lowest BCUT2D eigenvalue weighted by Crippen LogP contribution is -2.32. The summed E-state index contributed by atoms with van der Waals surface area (Å²) in [4.78, 5) is 27.6. The van der Waals surface area contributed by atoms with Crippen LogP contribution in [0.1, 0.15) is 47.3 Å². The summed E-state index contributed by atoms with van der Waals surface area (Å²) >= 11 is 0. The number of aryl methyl sites for hydroxylation is 2. The molecule has 0 aliphatic heterocycles. The number of nitrogens with one attached hydrogen (secondary N) is 1. The van der Waals surface area contributed by atoms with E-state index in [-0.39, 0.29) is 29.2 Å². The van der Waals surface area contributed by atoms with E-state index in [0.717, 1.165) is 11.1 Å². The molecule has 0 aliphatic rings. The van der Waals surface area contributed by atoms with Gasteiger partial charge in [-0.2, -0.15) is 4.98 Å². The minimum atomic E-state index is -0.496. The molecule has 0 radical (unpaired) electrons. The first-order chi connectivity index (χ1) is 13.8. The zero-order valence-electron chi connectivity index (χ0n) is 16.7. The molecule has 0 saturated heterocycles. The molecule has 150 valence electrons. The number of hydrogen-bond acceptors (Lipinski definition) is 6. The van der Waals surface area contributed by atoms with E-state index in [1.807, 2.05) is 39.8 Å². The van der Waals surface area contributed by atoms with Gasteiger partial charge in [-0.15, -0.1) is 0 Å². The maximum atomic E-state index is 12.7. The van der Waals surface area contributed by atoms with Crippen LogP contribution in [0.25, 0.3) is 11.4 Å². The highest BCUT2D eigenvalue weighted by Crippen LogP contribution is 2.26. The third kappa shape index (κ3) is 4.48. The quantitative estimate of drug-likeness (QED) is 0.490. The molecule has 1 aromatic heterocycles. The highest BCUT2D eigenvalue weighted by molar-refractivity contribution is 5.94. The van der Waals surface area contributed by atoms with Gasteiger partial charge in [0.2, 0.25) is 11.7 Å². The fourth-order valence-corrected chi connectivity index (χ4v) is 2.86. The standard InChI is InChI=1S/C21H22N4O4/c1-12(2)18(22-20(26)16-9-8-13(3)14(4)10-16)21-23-19(24-29-21)15-6-5-7-17(11-15)25(27)28/h5-12,18H,1-4H3,(H,22,26)/t18-/m0/s1. The average molecular weight is 394 g/mol. The summed E-state index contributed by atoms with van der Waals surface area (Å²) in [6.07, 6.45) is 0. The van der Waals surface area contributed by atoms with Crippen molar-refractivity contribution < 1.29 is 14.2 Å². The molecule has 0 saturated carbocycles. The van der Waals surface area contributed by atoms with Crippen LogP contribution in [0.5, 0.6) is 0 Å². The molecule has 1 amide bonds. The zero-order valence-corrected chi connectivity index (χ0v) is 16.7. The Labute approximate surface area is 168 Å². The van der Waals surface area contributed by atoms with E-state index in [0.29, 0.717) is 11.1 Å². The summed E-state index contributed by atoms with van der Waals surface area (Å²) in [6, 6.07) is 11.0. The second-order valence-electron chi connectivity index (χ2n) is 7.26. The Morgan fingerprint density at radius 1 is 1.14 bits per heavy atom. The number of carbonyl (C=O) groups excluding carboxylic acids is 1. The van der Waals surface area contributed by atoms with Gasteiger partial charge in [0.1, 0.15) is 6.04 Å². The van der Waals surface area contributed by atoms with Crippen LogP contribution in [-0.4, -0.2) is 21.0 Å². The van der Waals surface area contributed by atoms with Crippen LogP contribution in [0.15, 0.2) is 47.0 Å². The molecule has 1 heterocycles. The predicted molar refractivity (Wildman–Crippen MR) is 107 cm³/mol. The Balaban J connectivity index is 1.85. The molecule has 0 aliphatic carbocycles. The molecule has 1 atom stereocenters. The van der Waals surface area contributed by atoms with E-state index < -0.39 is 11.0 Å². The number of amides is 1. The second kappa shape index (κ2) is 8.22. The Morgan fingerprint density at radius 2 is 1.90 bits per heavy atom. The highest BCUT2D eigenvalue weighted by Gasteiger charge is 2.26. The highest BCUT2D eigenvalue weighted by atomic mass is 16.6. The smallest absolute Gasteiger partial charge is 0.270 e. The molecule has 0 bridgehead atoms. The van der Waals surface area contributed by atoms with Crippen molar-refractivity contribution in [3.63, 3.8) is 0 Å². The Morgan fingerprint density at radius 3 is 2.55 bits per heavy atom. The summed E-state index contributed by atoms with van der Waals surface area (Å²) in [5.74, 6) is 0.235. The van der Waals surface area contributed by atoms with Gasteiger partial charge >= 0.3 is 0 Å². The van der Waals surface area contributed by atoms with Crippen molar-refractivity contribution in [1.29, 1.82) is 0 Å². The van der Waals surface area contributed by atoms with Gasteiger partial charge in [-0.1, -0.05) is 37.2 Å². The largest absolute Gasteiger partial charge is 0.340 e. The van der Waals surface area contributed by atoms with Crippen molar-refractivity contribution in [2.75, 3.05) is 0 Å². The molecular weight excluding hydrogens is 372 g/mol. The van der Waals surface area contributed by atoms with Gasteiger partial charge in [0.15, 0.2) is 0 Å². The van der Waals surface area contributed by atoms with Crippen LogP contribution in [0.2, 0.25) is 0 Å². The van der Waals surface area contributed by atoms with E-state index >= 15 is 0 Å². The first-order valence-corrected chi connectivity index (χ1v) is 9.23. The Kier molecular flexibility index (Phi) is 5.72. The molecule has 0 spiro atoms. The van der Waals surface area contributed by atoms with Gasteiger partial charge in [-0.25, -0.2) is 0 Å². The molecule has 29 heavy (non-hydrogen) atoms. The minimum Gasteiger partial charge on any atom is -0.340 e. The third-order valence-corrected chi connectivity index (χ3v) is 4.75. The van der Waals surface area contributed by atoms with Crippen molar-refractivity contribution in [2.45, 2.75) is 33.7 Å². The van der Waals surface area contributed by atoms with Gasteiger partial charge in [0, 0.05) is 23.3 Å². The van der Waals surface area contributed by atoms with Gasteiger partial charge in [0.05, 0.1) is 4.92 Å². The molecule has 3 rings (SSSR count). The molecule has 8 heteroatoms. The minimum absolute atomic E-state index is 0.0103. The number of non-ortho nitro benzene ring substituents is 1. The third-order valence-electron chi connectivity index (χ3n) is 4.75. The molecule has 8 nitrogen and oxygen atoms in total. The summed E-state index contributed by atoms with van der Waals surface area (Å²) in [5, 5.41) is 17.9. The zero-order chi connectivity index (χ0) is 21.1. The fourth-order valence-electron chi connectivity index (χ4n) is 2.86. The number of aromatic nitrogens is 2. The lowest BCUT2D eigenvalue weighted by Gasteiger charge is -2.18. The first kappa shape index (κ1) is 20.2. The normalized spacial score (nSPS) is 12.0. The van der Waals surface area contributed by atoms with Crippen LogP contribution < -0.4 is 5.32 Å². The van der Waals surface area contributed by atoms with Gasteiger partial charge < -0.3 is 9.84 Å². The monoisotopic (exact) mass is 394 g/mol. The molecule has 0 fully saturated rings. The van der Waals surface area contributed by atoms with Crippen molar-refractivity contribution in [2.24, 2.45) is 5.92 Å². The van der Waals surface area contributed by atoms with E-state index in [1.54, 1.807) is 18.2 Å². The van der Waals surface area contributed by atoms with Crippen LogP contribution >= 0.6 is 0 Å². The number of nitrogens with zero attached hydrogens (tertiary/aromatic N) is 3. The van der Waals surface area contributed by atoms with E-state index in [4.69, 9.17) is 4.52 Å². The maximum absolute atomic E-state index is 12.7. The summed E-state index contributed by atoms with van der Waals surface area (Å²) in [6.45, 7) is 7.81. The molecule has 1 N–H and O–H groups in total. The van der Waals surface area contributed by atoms with Crippen molar-refractivity contribution in [3.8, 4) is 11.4 Å². The van der Waals surface area contributed by atoms with Crippen molar-refractivity contribution >= 4 is 11.6 Å². The van der Waals surface area contributed by atoms with Crippen LogP contribution in [0, 0.1) is 29.9 Å². The fraction of sp³-hybridized carbons (Fsp3) is 0.286. The Hall–Kier alpha value is -3.55. The molecule has 2 aromatic carbocycles. The summed E-state index contributed by atoms with van der Waals surface area (Å²) in [7, 11) is 0. The van der Waals surface area contributed by atoms with Gasteiger partial charge in [-0.05, 0) is 43.0 Å². The average Bonchev–Trinajstić information content (AvgIpc) is 3.17. The first-order valence-electron chi connectivity index (χ1n) is 9.23. The number of carbonyl (C=O) groups is 1. The predicted octanol–water partition coefficient (Wildman–Crippen LogP) is 4.39. The van der Waals surface area contributed by atoms with Crippen LogP contribution in [0.3, 0.4) is 0 Å². The lowest BCUT2D eigenvalue weighted by molar-refractivity contribution is -0.384. The molecular formula is C21H22N4O4. The van der Waals surface area contributed by atoms with Crippen LogP contribution in [0.4, 0.5) is 5.69 Å². The van der Waals surface area contributed by atoms with E-state index in [2.05, 4.69) is 15.5 Å². The topological polar surface area (TPSA) is 111 Å². The summed E-state index contributed by atoms with van der Waals surface area (Å²) in [5.41, 5.74) is 3.11. The number of benzene rings is 2. The summed E-state index contributed by atoms with van der Waals surface area (Å²) < 4.78 is 5.38. The number of nitro groups is 1. The van der Waals surface area contributed by atoms with Gasteiger partial charge in [0.25, 0.3) is 11.6 Å². The lowest BCUT2D eigenvalue weighted by atomic mass is 10.0. The van der Waals surface area contributed by atoms with E-state index in [9.17, 15) is 14.9 Å². The SMILES string of the molecule is Cc1ccc(C(=O)N[C@H](c2nc(-c3cccc([N+](=O)[O-])c3)no2)C(C)C)cc1C. The number of hydrogen-bond donors (Lipinski definition) is 1. The Bertz CT molecular complexity index is 1060. The second-order valence-corrected chi connectivity index (χ2v) is 7.26. The van der Waals surface area contributed by atoms with Crippen molar-refractivity contribution in [1.82, 2.24) is 15.5 Å².